The molecule has 0 aliphatic carbocycles. The minimum Gasteiger partial charge on any atom is -0.376 e. The Hall–Kier alpha value is -2.13. The van der Waals surface area contributed by atoms with E-state index in [1.807, 2.05) is 30.3 Å². The zero-order valence-corrected chi connectivity index (χ0v) is 16.5. The monoisotopic (exact) mass is 365 g/mol. The first-order valence-corrected chi connectivity index (χ1v) is 9.95. The Balaban J connectivity index is 1.60. The van der Waals surface area contributed by atoms with E-state index in [0.29, 0.717) is 13.0 Å². The Bertz CT molecular complexity index is 727. The summed E-state index contributed by atoms with van der Waals surface area (Å²) in [6, 6.07) is 20.6. The van der Waals surface area contributed by atoms with Crippen molar-refractivity contribution in [3.8, 4) is 0 Å². The lowest BCUT2D eigenvalue weighted by Gasteiger charge is -2.45. The van der Waals surface area contributed by atoms with E-state index in [-0.39, 0.29) is 16.9 Å². The normalized spacial score (nSPS) is 21.6. The lowest BCUT2D eigenvalue weighted by atomic mass is 9.68. The lowest BCUT2D eigenvalue weighted by molar-refractivity contribution is -0.121. The second-order valence-corrected chi connectivity index (χ2v) is 8.46. The third-order valence-corrected chi connectivity index (χ3v) is 5.53. The Morgan fingerprint density at radius 2 is 1.63 bits per heavy atom. The van der Waals surface area contributed by atoms with E-state index in [1.165, 1.54) is 5.56 Å². The number of ether oxygens (including phenoxy) is 1. The average Bonchev–Trinajstić information content (AvgIpc) is 2.62. The Morgan fingerprint density at radius 1 is 1.00 bits per heavy atom. The molecule has 1 N–H and O–H groups in total. The number of hydrogen-bond donors (Lipinski definition) is 1. The van der Waals surface area contributed by atoms with Crippen LogP contribution in [-0.4, -0.2) is 24.7 Å². The highest BCUT2D eigenvalue weighted by molar-refractivity contribution is 5.78. The molecule has 3 nitrogen and oxygen atoms in total. The maximum absolute atomic E-state index is 12.3. The fraction of sp³-hybridized carbons (Fsp3) is 0.458. The van der Waals surface area contributed by atoms with Gasteiger partial charge in [-0.05, 0) is 56.1 Å². The molecular weight excluding hydrogens is 334 g/mol. The summed E-state index contributed by atoms with van der Waals surface area (Å²) in [5.41, 5.74) is 2.48. The Labute approximate surface area is 163 Å². The van der Waals surface area contributed by atoms with E-state index < -0.39 is 0 Å². The molecule has 1 aliphatic heterocycles. The van der Waals surface area contributed by atoms with Crippen LogP contribution >= 0.6 is 0 Å². The predicted octanol–water partition coefficient (Wildman–Crippen LogP) is 4.55. The Kier molecular flexibility index (Phi) is 6.33. The van der Waals surface area contributed by atoms with E-state index in [9.17, 15) is 4.79 Å². The van der Waals surface area contributed by atoms with Crippen molar-refractivity contribution in [2.75, 3.05) is 13.2 Å². The van der Waals surface area contributed by atoms with Gasteiger partial charge in [-0.3, -0.25) is 4.79 Å². The molecule has 0 spiro atoms. The van der Waals surface area contributed by atoms with E-state index in [2.05, 4.69) is 49.5 Å². The SMILES string of the molecule is CC1(C)CC(CCNC(=O)Cc2ccccc2)(Cc2ccccc2)CCO1. The fourth-order valence-corrected chi connectivity index (χ4v) is 4.38. The largest absolute Gasteiger partial charge is 0.376 e. The topological polar surface area (TPSA) is 38.3 Å². The standard InChI is InChI=1S/C24H31NO2/c1-23(2)19-24(14-16-27-23,18-21-11-7-4-8-12-21)13-15-25-22(26)17-20-9-5-3-6-10-20/h3-12H,13-19H2,1-2H3,(H,25,26). The van der Waals surface area contributed by atoms with Crippen molar-refractivity contribution in [3.63, 3.8) is 0 Å². The third-order valence-electron chi connectivity index (χ3n) is 5.53. The molecular formula is C24H31NO2. The summed E-state index contributed by atoms with van der Waals surface area (Å²) < 4.78 is 5.98. The van der Waals surface area contributed by atoms with Crippen LogP contribution in [0.15, 0.2) is 60.7 Å². The highest BCUT2D eigenvalue weighted by Gasteiger charge is 2.40. The molecule has 1 fully saturated rings. The van der Waals surface area contributed by atoms with Gasteiger partial charge in [0.25, 0.3) is 0 Å². The van der Waals surface area contributed by atoms with E-state index in [4.69, 9.17) is 4.74 Å². The summed E-state index contributed by atoms with van der Waals surface area (Å²) in [4.78, 5) is 12.3. The van der Waals surface area contributed by atoms with Crippen LogP contribution in [0.1, 0.15) is 44.2 Å². The second kappa shape index (κ2) is 8.71. The summed E-state index contributed by atoms with van der Waals surface area (Å²) >= 11 is 0. The van der Waals surface area contributed by atoms with Crippen LogP contribution < -0.4 is 5.32 Å². The molecule has 3 rings (SSSR count). The lowest BCUT2D eigenvalue weighted by Crippen LogP contribution is -2.44. The van der Waals surface area contributed by atoms with Crippen molar-refractivity contribution in [2.45, 2.75) is 51.6 Å². The van der Waals surface area contributed by atoms with Crippen LogP contribution in [0.3, 0.4) is 0 Å². The van der Waals surface area contributed by atoms with Gasteiger partial charge in [0, 0.05) is 13.2 Å². The Morgan fingerprint density at radius 3 is 2.26 bits per heavy atom. The number of nitrogens with one attached hydrogen (secondary N) is 1. The van der Waals surface area contributed by atoms with Gasteiger partial charge < -0.3 is 10.1 Å². The van der Waals surface area contributed by atoms with Crippen molar-refractivity contribution in [1.82, 2.24) is 5.32 Å². The highest BCUT2D eigenvalue weighted by atomic mass is 16.5. The minimum atomic E-state index is -0.110. The van der Waals surface area contributed by atoms with E-state index >= 15 is 0 Å². The van der Waals surface area contributed by atoms with Crippen LogP contribution in [0.4, 0.5) is 0 Å². The fourth-order valence-electron chi connectivity index (χ4n) is 4.38. The average molecular weight is 366 g/mol. The minimum absolute atomic E-state index is 0.0994. The predicted molar refractivity (Wildman–Crippen MR) is 110 cm³/mol. The first-order valence-electron chi connectivity index (χ1n) is 9.95. The zero-order valence-electron chi connectivity index (χ0n) is 16.5. The first-order chi connectivity index (χ1) is 13.0. The maximum atomic E-state index is 12.3. The molecule has 0 radical (unpaired) electrons. The molecule has 1 heterocycles. The summed E-state index contributed by atoms with van der Waals surface area (Å²) in [5, 5.41) is 3.14. The summed E-state index contributed by atoms with van der Waals surface area (Å²) in [6.07, 6.45) is 4.52. The van der Waals surface area contributed by atoms with Crippen molar-refractivity contribution >= 4 is 5.91 Å². The number of hydrogen-bond acceptors (Lipinski definition) is 2. The highest BCUT2D eigenvalue weighted by Crippen LogP contribution is 2.43. The number of rotatable bonds is 7. The molecule has 144 valence electrons. The summed E-state index contributed by atoms with van der Waals surface area (Å²) in [6.45, 7) is 5.87. The quantitative estimate of drug-likeness (QED) is 0.781. The summed E-state index contributed by atoms with van der Waals surface area (Å²) in [5.74, 6) is 0.0994. The molecule has 2 aromatic carbocycles. The van der Waals surface area contributed by atoms with Gasteiger partial charge in [-0.15, -0.1) is 0 Å². The molecule has 0 saturated carbocycles. The molecule has 0 aromatic heterocycles. The van der Waals surface area contributed by atoms with Gasteiger partial charge in [0.05, 0.1) is 12.0 Å². The molecule has 27 heavy (non-hydrogen) atoms. The number of carbonyl (C=O) groups is 1. The maximum Gasteiger partial charge on any atom is 0.224 e. The van der Waals surface area contributed by atoms with Gasteiger partial charge in [0.2, 0.25) is 5.91 Å². The van der Waals surface area contributed by atoms with E-state index in [0.717, 1.165) is 37.9 Å². The molecule has 1 amide bonds. The summed E-state index contributed by atoms with van der Waals surface area (Å²) in [7, 11) is 0. The molecule has 1 unspecified atom stereocenters. The van der Waals surface area contributed by atoms with Gasteiger partial charge in [-0.1, -0.05) is 60.7 Å². The molecule has 3 heteroatoms. The van der Waals surface area contributed by atoms with Crippen LogP contribution in [0.25, 0.3) is 0 Å². The molecule has 1 atom stereocenters. The zero-order chi connectivity index (χ0) is 19.2. The van der Waals surface area contributed by atoms with Crippen molar-refractivity contribution in [1.29, 1.82) is 0 Å². The van der Waals surface area contributed by atoms with Gasteiger partial charge in [-0.2, -0.15) is 0 Å². The van der Waals surface area contributed by atoms with Crippen molar-refractivity contribution < 1.29 is 9.53 Å². The van der Waals surface area contributed by atoms with Gasteiger partial charge in [-0.25, -0.2) is 0 Å². The number of amides is 1. The van der Waals surface area contributed by atoms with Crippen LogP contribution in [0.5, 0.6) is 0 Å². The van der Waals surface area contributed by atoms with Gasteiger partial charge >= 0.3 is 0 Å². The number of carbonyl (C=O) groups excluding carboxylic acids is 1. The number of benzene rings is 2. The van der Waals surface area contributed by atoms with Crippen LogP contribution in [0.2, 0.25) is 0 Å². The smallest absolute Gasteiger partial charge is 0.224 e. The van der Waals surface area contributed by atoms with Crippen molar-refractivity contribution in [3.05, 3.63) is 71.8 Å². The van der Waals surface area contributed by atoms with Crippen LogP contribution in [-0.2, 0) is 22.4 Å². The second-order valence-electron chi connectivity index (χ2n) is 8.46. The van der Waals surface area contributed by atoms with Crippen molar-refractivity contribution in [2.24, 2.45) is 5.41 Å². The van der Waals surface area contributed by atoms with Gasteiger partial charge in [0.1, 0.15) is 0 Å². The molecule has 1 aliphatic rings. The first kappa shape index (κ1) is 19.6. The van der Waals surface area contributed by atoms with E-state index in [1.54, 1.807) is 0 Å². The molecule has 0 bridgehead atoms. The third kappa shape index (κ3) is 5.93. The molecule has 1 saturated heterocycles. The van der Waals surface area contributed by atoms with Crippen LogP contribution in [0, 0.1) is 5.41 Å². The molecule has 2 aromatic rings. The van der Waals surface area contributed by atoms with Gasteiger partial charge in [0.15, 0.2) is 0 Å².